The molecule has 0 spiro atoms. The van der Waals surface area contributed by atoms with E-state index in [1.165, 1.54) is 0 Å². The van der Waals surface area contributed by atoms with Crippen molar-refractivity contribution in [1.29, 1.82) is 0 Å². The van der Waals surface area contributed by atoms with Crippen LogP contribution in [0.15, 0.2) is 28.1 Å². The molecule has 0 unspecified atom stereocenters. The number of phenolic OH excluding ortho intramolecular Hbond substituents is 1. The SMILES string of the molecule is CSc1cccc(O)c1C1(N=C=O)CCCC1. The Morgan fingerprint density at radius 1 is 1.41 bits per heavy atom. The lowest BCUT2D eigenvalue weighted by molar-refractivity contribution is 0.401. The normalized spacial score (nSPS) is 17.7. The minimum atomic E-state index is -0.550. The number of hydrogen-bond acceptors (Lipinski definition) is 4. The lowest BCUT2D eigenvalue weighted by atomic mass is 9.88. The van der Waals surface area contributed by atoms with E-state index >= 15 is 0 Å². The van der Waals surface area contributed by atoms with Crippen molar-refractivity contribution in [2.24, 2.45) is 4.99 Å². The van der Waals surface area contributed by atoms with E-state index in [4.69, 9.17) is 0 Å². The van der Waals surface area contributed by atoms with E-state index in [1.807, 2.05) is 18.4 Å². The number of isocyanates is 1. The topological polar surface area (TPSA) is 49.7 Å². The molecule has 0 aromatic heterocycles. The van der Waals surface area contributed by atoms with Gasteiger partial charge in [0.25, 0.3) is 0 Å². The van der Waals surface area contributed by atoms with E-state index in [-0.39, 0.29) is 5.75 Å². The summed E-state index contributed by atoms with van der Waals surface area (Å²) in [6.45, 7) is 0. The monoisotopic (exact) mass is 249 g/mol. The third-order valence-electron chi connectivity index (χ3n) is 3.38. The van der Waals surface area contributed by atoms with E-state index in [0.717, 1.165) is 36.1 Å². The third-order valence-corrected chi connectivity index (χ3v) is 4.16. The quantitative estimate of drug-likeness (QED) is 0.508. The lowest BCUT2D eigenvalue weighted by Gasteiger charge is -2.26. The Labute approximate surface area is 105 Å². The van der Waals surface area contributed by atoms with Gasteiger partial charge in [0.05, 0.1) is 0 Å². The minimum Gasteiger partial charge on any atom is -0.508 e. The largest absolute Gasteiger partial charge is 0.508 e. The molecule has 0 aliphatic heterocycles. The van der Waals surface area contributed by atoms with Gasteiger partial charge in [-0.1, -0.05) is 18.9 Å². The van der Waals surface area contributed by atoms with Crippen LogP contribution in [0.25, 0.3) is 0 Å². The van der Waals surface area contributed by atoms with Crippen molar-refractivity contribution in [1.82, 2.24) is 0 Å². The fourth-order valence-electron chi connectivity index (χ4n) is 2.62. The molecule has 0 bridgehead atoms. The summed E-state index contributed by atoms with van der Waals surface area (Å²) < 4.78 is 0. The van der Waals surface area contributed by atoms with Crippen molar-refractivity contribution >= 4 is 17.8 Å². The molecule has 17 heavy (non-hydrogen) atoms. The maximum Gasteiger partial charge on any atom is 0.235 e. The van der Waals surface area contributed by atoms with Crippen molar-refractivity contribution < 1.29 is 9.90 Å². The molecule has 0 amide bonds. The van der Waals surface area contributed by atoms with Gasteiger partial charge in [0.15, 0.2) is 0 Å². The molecule has 1 N–H and O–H groups in total. The molecule has 2 rings (SSSR count). The van der Waals surface area contributed by atoms with Crippen LogP contribution in [0, 0.1) is 0 Å². The molecule has 90 valence electrons. The predicted octanol–water partition coefficient (Wildman–Crippen LogP) is 3.22. The average molecular weight is 249 g/mol. The first-order valence-electron chi connectivity index (χ1n) is 5.69. The van der Waals surface area contributed by atoms with Crippen molar-refractivity contribution in [2.75, 3.05) is 6.26 Å². The van der Waals surface area contributed by atoms with Gasteiger partial charge in [-0.05, 0) is 31.2 Å². The minimum absolute atomic E-state index is 0.234. The van der Waals surface area contributed by atoms with Gasteiger partial charge in [0.2, 0.25) is 6.08 Å². The highest BCUT2D eigenvalue weighted by Gasteiger charge is 2.39. The van der Waals surface area contributed by atoms with Crippen molar-refractivity contribution in [3.63, 3.8) is 0 Å². The first-order valence-corrected chi connectivity index (χ1v) is 6.91. The van der Waals surface area contributed by atoms with Crippen LogP contribution in [0.2, 0.25) is 0 Å². The van der Waals surface area contributed by atoms with Gasteiger partial charge in [-0.15, -0.1) is 11.8 Å². The summed E-state index contributed by atoms with van der Waals surface area (Å²) in [7, 11) is 0. The van der Waals surface area contributed by atoms with Crippen LogP contribution in [0.3, 0.4) is 0 Å². The molecule has 3 nitrogen and oxygen atoms in total. The summed E-state index contributed by atoms with van der Waals surface area (Å²) in [6.07, 6.45) is 7.34. The summed E-state index contributed by atoms with van der Waals surface area (Å²) in [6, 6.07) is 5.44. The summed E-state index contributed by atoms with van der Waals surface area (Å²) in [4.78, 5) is 15.7. The van der Waals surface area contributed by atoms with Gasteiger partial charge in [0, 0.05) is 10.5 Å². The van der Waals surface area contributed by atoms with E-state index in [1.54, 1.807) is 23.9 Å². The number of carbonyl (C=O) groups excluding carboxylic acids is 1. The van der Waals surface area contributed by atoms with Crippen molar-refractivity contribution in [3.05, 3.63) is 23.8 Å². The van der Waals surface area contributed by atoms with Gasteiger partial charge >= 0.3 is 0 Å². The summed E-state index contributed by atoms with van der Waals surface area (Å²) in [5, 5.41) is 10.1. The number of phenols is 1. The molecule has 0 radical (unpaired) electrons. The molecule has 1 aliphatic carbocycles. The van der Waals surface area contributed by atoms with Crippen LogP contribution in [-0.4, -0.2) is 17.4 Å². The fraction of sp³-hybridized carbons (Fsp3) is 0.462. The highest BCUT2D eigenvalue weighted by atomic mass is 32.2. The molecule has 1 aromatic rings. The standard InChI is InChI=1S/C13H15NO2S/c1-17-11-6-4-5-10(16)12(11)13(14-9-15)7-2-3-8-13/h4-6,16H,2-3,7-8H2,1H3. The Morgan fingerprint density at radius 2 is 2.12 bits per heavy atom. The van der Waals surface area contributed by atoms with E-state index < -0.39 is 5.54 Å². The Kier molecular flexibility index (Phi) is 3.55. The van der Waals surface area contributed by atoms with E-state index in [2.05, 4.69) is 4.99 Å². The Bertz CT molecular complexity index is 460. The van der Waals surface area contributed by atoms with Crippen LogP contribution in [-0.2, 0) is 10.3 Å². The van der Waals surface area contributed by atoms with Gasteiger partial charge in [-0.25, -0.2) is 4.79 Å². The first-order chi connectivity index (χ1) is 8.23. The summed E-state index contributed by atoms with van der Waals surface area (Å²) in [5.74, 6) is 0.234. The Balaban J connectivity index is 2.60. The molecular formula is C13H15NO2S. The number of nitrogens with zero attached hydrogens (tertiary/aromatic N) is 1. The second-order valence-corrected chi connectivity index (χ2v) is 5.14. The van der Waals surface area contributed by atoms with Crippen molar-refractivity contribution in [2.45, 2.75) is 36.1 Å². The lowest BCUT2D eigenvalue weighted by Crippen LogP contribution is -2.20. The summed E-state index contributed by atoms with van der Waals surface area (Å²) in [5.41, 5.74) is 0.249. The predicted molar refractivity (Wildman–Crippen MR) is 68.2 cm³/mol. The molecule has 0 saturated heterocycles. The Morgan fingerprint density at radius 3 is 2.71 bits per heavy atom. The smallest absolute Gasteiger partial charge is 0.235 e. The molecule has 1 aliphatic rings. The van der Waals surface area contributed by atoms with Crippen LogP contribution >= 0.6 is 11.8 Å². The van der Waals surface area contributed by atoms with E-state index in [0.29, 0.717) is 0 Å². The highest BCUT2D eigenvalue weighted by Crippen LogP contribution is 2.48. The zero-order valence-corrected chi connectivity index (χ0v) is 10.6. The van der Waals surface area contributed by atoms with Crippen molar-refractivity contribution in [3.8, 4) is 5.75 Å². The second kappa shape index (κ2) is 4.94. The zero-order chi connectivity index (χ0) is 12.3. The average Bonchev–Trinajstić information content (AvgIpc) is 2.78. The van der Waals surface area contributed by atoms with E-state index in [9.17, 15) is 9.90 Å². The van der Waals surface area contributed by atoms with Crippen LogP contribution < -0.4 is 0 Å². The maximum absolute atomic E-state index is 10.7. The number of benzene rings is 1. The molecular weight excluding hydrogens is 234 g/mol. The third kappa shape index (κ3) is 2.11. The first kappa shape index (κ1) is 12.2. The van der Waals surface area contributed by atoms with Gasteiger partial charge in [0.1, 0.15) is 11.3 Å². The number of aliphatic imine (C=N–C) groups is 1. The summed E-state index contributed by atoms with van der Waals surface area (Å²) >= 11 is 1.57. The highest BCUT2D eigenvalue weighted by molar-refractivity contribution is 7.98. The van der Waals surface area contributed by atoms with Crippen LogP contribution in [0.4, 0.5) is 0 Å². The van der Waals surface area contributed by atoms with Crippen LogP contribution in [0.1, 0.15) is 31.2 Å². The number of thioether (sulfide) groups is 1. The second-order valence-electron chi connectivity index (χ2n) is 4.30. The molecule has 1 fully saturated rings. The number of aromatic hydroxyl groups is 1. The van der Waals surface area contributed by atoms with Gasteiger partial charge < -0.3 is 5.11 Å². The van der Waals surface area contributed by atoms with Gasteiger partial charge in [-0.2, -0.15) is 4.99 Å². The molecule has 0 atom stereocenters. The van der Waals surface area contributed by atoms with Crippen LogP contribution in [0.5, 0.6) is 5.75 Å². The molecule has 1 aromatic carbocycles. The molecule has 0 heterocycles. The van der Waals surface area contributed by atoms with Gasteiger partial charge in [-0.3, -0.25) is 0 Å². The molecule has 1 saturated carbocycles. The molecule has 4 heteroatoms. The fourth-order valence-corrected chi connectivity index (χ4v) is 3.34. The maximum atomic E-state index is 10.7. The Hall–Kier alpha value is -1.25. The number of hydrogen-bond donors (Lipinski definition) is 1. The number of rotatable bonds is 3. The zero-order valence-electron chi connectivity index (χ0n) is 9.77.